The molecule has 0 spiro atoms. The van der Waals surface area contributed by atoms with E-state index in [2.05, 4.69) is 6.92 Å². The topological polar surface area (TPSA) is 94.5 Å². The van der Waals surface area contributed by atoms with E-state index in [4.69, 9.17) is 18.9 Å². The first-order valence-corrected chi connectivity index (χ1v) is 12.0. The van der Waals surface area contributed by atoms with Gasteiger partial charge in [-0.2, -0.15) is 0 Å². The summed E-state index contributed by atoms with van der Waals surface area (Å²) in [5.41, 5.74) is 0.849. The van der Waals surface area contributed by atoms with Gasteiger partial charge in [-0.15, -0.1) is 0 Å². The van der Waals surface area contributed by atoms with E-state index in [-0.39, 0.29) is 18.6 Å². The van der Waals surface area contributed by atoms with Gasteiger partial charge < -0.3 is 29.0 Å². The van der Waals surface area contributed by atoms with Crippen molar-refractivity contribution in [2.75, 3.05) is 39.5 Å². The lowest BCUT2D eigenvalue weighted by Crippen LogP contribution is -2.39. The van der Waals surface area contributed by atoms with Crippen LogP contribution in [0.3, 0.4) is 0 Å². The quantitative estimate of drug-likeness (QED) is 0.317. The van der Waals surface area contributed by atoms with E-state index in [0.29, 0.717) is 45.3 Å². The lowest BCUT2D eigenvalue weighted by Gasteiger charge is -2.24. The third kappa shape index (κ3) is 12.5. The maximum atomic E-state index is 12.5. The van der Waals surface area contributed by atoms with Crippen molar-refractivity contribution in [2.24, 2.45) is 0 Å². The molecule has 0 bridgehead atoms. The maximum Gasteiger partial charge on any atom is 0.410 e. The molecule has 2 unspecified atom stereocenters. The standard InChI is InChI=1S/C25H41NO7/c1-5-8-9-16-30-17-14-26(25(29)33-20(4)6-2)15-18-32-22-12-10-21(11-13-22)19-23(24(27)28)31-7-3/h10-13,20,23H,5-9,14-19H2,1-4H3,(H,27,28). The molecule has 0 aliphatic heterocycles. The number of carbonyl (C=O) groups is 2. The highest BCUT2D eigenvalue weighted by atomic mass is 16.6. The van der Waals surface area contributed by atoms with Crippen molar-refractivity contribution in [1.29, 1.82) is 0 Å². The summed E-state index contributed by atoms with van der Waals surface area (Å²) in [5.74, 6) is -0.330. The molecule has 0 radical (unpaired) electrons. The largest absolute Gasteiger partial charge is 0.492 e. The Labute approximate surface area is 198 Å². The van der Waals surface area contributed by atoms with Crippen LogP contribution in [0.5, 0.6) is 5.75 Å². The molecule has 1 aromatic rings. The average Bonchev–Trinajstić information content (AvgIpc) is 2.80. The molecular formula is C25H41NO7. The van der Waals surface area contributed by atoms with Crippen LogP contribution in [0.4, 0.5) is 4.79 Å². The number of hydrogen-bond acceptors (Lipinski definition) is 6. The highest BCUT2D eigenvalue weighted by Gasteiger charge is 2.19. The third-order valence-corrected chi connectivity index (χ3v) is 5.15. The van der Waals surface area contributed by atoms with Crippen LogP contribution >= 0.6 is 0 Å². The van der Waals surface area contributed by atoms with Crippen molar-refractivity contribution in [3.63, 3.8) is 0 Å². The molecule has 0 saturated heterocycles. The van der Waals surface area contributed by atoms with Crippen LogP contribution in [-0.4, -0.2) is 73.8 Å². The highest BCUT2D eigenvalue weighted by molar-refractivity contribution is 5.72. The van der Waals surface area contributed by atoms with Gasteiger partial charge in [-0.3, -0.25) is 0 Å². The van der Waals surface area contributed by atoms with Crippen molar-refractivity contribution in [3.8, 4) is 5.75 Å². The van der Waals surface area contributed by atoms with Gasteiger partial charge in [-0.05, 0) is 44.4 Å². The number of amides is 1. The first-order chi connectivity index (χ1) is 15.9. The molecule has 0 aliphatic carbocycles. The van der Waals surface area contributed by atoms with E-state index in [1.54, 1.807) is 24.0 Å². The van der Waals surface area contributed by atoms with Gasteiger partial charge in [0.15, 0.2) is 6.10 Å². The zero-order valence-electron chi connectivity index (χ0n) is 20.6. The second-order valence-corrected chi connectivity index (χ2v) is 7.89. The molecule has 0 fully saturated rings. The van der Waals surface area contributed by atoms with E-state index in [0.717, 1.165) is 31.2 Å². The van der Waals surface area contributed by atoms with E-state index in [1.807, 2.05) is 26.0 Å². The second kappa shape index (κ2) is 17.2. The Morgan fingerprint density at radius 2 is 1.70 bits per heavy atom. The Morgan fingerprint density at radius 3 is 2.30 bits per heavy atom. The average molecular weight is 468 g/mol. The Kier molecular flexibility index (Phi) is 15.0. The van der Waals surface area contributed by atoms with Gasteiger partial charge in [0.05, 0.1) is 13.2 Å². The van der Waals surface area contributed by atoms with Crippen LogP contribution in [-0.2, 0) is 25.4 Å². The van der Waals surface area contributed by atoms with E-state index >= 15 is 0 Å². The molecule has 8 nitrogen and oxygen atoms in total. The van der Waals surface area contributed by atoms with Crippen molar-refractivity contribution < 1.29 is 33.6 Å². The first-order valence-electron chi connectivity index (χ1n) is 12.0. The second-order valence-electron chi connectivity index (χ2n) is 7.89. The van der Waals surface area contributed by atoms with Crippen LogP contribution in [0, 0.1) is 0 Å². The van der Waals surface area contributed by atoms with Crippen molar-refractivity contribution in [1.82, 2.24) is 4.90 Å². The van der Waals surface area contributed by atoms with E-state index < -0.39 is 12.1 Å². The number of nitrogens with zero attached hydrogens (tertiary/aromatic N) is 1. The number of hydrogen-bond donors (Lipinski definition) is 1. The highest BCUT2D eigenvalue weighted by Crippen LogP contribution is 2.15. The fourth-order valence-electron chi connectivity index (χ4n) is 2.98. The molecule has 1 amide bonds. The van der Waals surface area contributed by atoms with Gasteiger partial charge in [0.1, 0.15) is 18.5 Å². The number of benzene rings is 1. The number of rotatable bonds is 18. The molecule has 0 saturated carbocycles. The summed E-state index contributed by atoms with van der Waals surface area (Å²) in [4.78, 5) is 25.4. The lowest BCUT2D eigenvalue weighted by atomic mass is 10.1. The summed E-state index contributed by atoms with van der Waals surface area (Å²) >= 11 is 0. The Hall–Kier alpha value is -2.32. The SMILES string of the molecule is CCCCCOCCN(CCOc1ccc(CC(OCC)C(=O)O)cc1)C(=O)OC(C)CC. The van der Waals surface area contributed by atoms with Crippen molar-refractivity contribution in [2.45, 2.75) is 72.0 Å². The molecule has 0 heterocycles. The Bertz CT molecular complexity index is 665. The van der Waals surface area contributed by atoms with Gasteiger partial charge in [-0.1, -0.05) is 38.8 Å². The summed E-state index contributed by atoms with van der Waals surface area (Å²) in [6.07, 6.45) is 2.96. The number of carboxylic acid groups (broad SMARTS) is 1. The summed E-state index contributed by atoms with van der Waals surface area (Å²) in [7, 11) is 0. The van der Waals surface area contributed by atoms with Gasteiger partial charge in [0.2, 0.25) is 0 Å². The van der Waals surface area contributed by atoms with Crippen molar-refractivity contribution >= 4 is 12.1 Å². The van der Waals surface area contributed by atoms with E-state index in [9.17, 15) is 14.7 Å². The summed E-state index contributed by atoms with van der Waals surface area (Å²) < 4.78 is 22.2. The fourth-order valence-corrected chi connectivity index (χ4v) is 2.98. The number of carbonyl (C=O) groups excluding carboxylic acids is 1. The van der Waals surface area contributed by atoms with Crippen LogP contribution in [0.2, 0.25) is 0 Å². The zero-order chi connectivity index (χ0) is 24.5. The van der Waals surface area contributed by atoms with Crippen LogP contribution < -0.4 is 4.74 Å². The van der Waals surface area contributed by atoms with Gasteiger partial charge >= 0.3 is 12.1 Å². The van der Waals surface area contributed by atoms with Gasteiger partial charge in [0.25, 0.3) is 0 Å². The molecule has 2 atom stereocenters. The van der Waals surface area contributed by atoms with Crippen molar-refractivity contribution in [3.05, 3.63) is 29.8 Å². The fraction of sp³-hybridized carbons (Fsp3) is 0.680. The molecule has 0 aliphatic rings. The normalized spacial score (nSPS) is 12.7. The summed E-state index contributed by atoms with van der Waals surface area (Å²) in [6, 6.07) is 7.23. The minimum absolute atomic E-state index is 0.148. The molecule has 188 valence electrons. The predicted molar refractivity (Wildman–Crippen MR) is 127 cm³/mol. The van der Waals surface area contributed by atoms with Crippen LogP contribution in [0.15, 0.2) is 24.3 Å². The van der Waals surface area contributed by atoms with Crippen LogP contribution in [0.1, 0.15) is 58.9 Å². The molecule has 8 heteroatoms. The van der Waals surface area contributed by atoms with Gasteiger partial charge in [-0.25, -0.2) is 9.59 Å². The molecule has 0 aromatic heterocycles. The monoisotopic (exact) mass is 467 g/mol. The molecule has 1 N–H and O–H groups in total. The summed E-state index contributed by atoms with van der Waals surface area (Å²) in [6.45, 7) is 10.4. The lowest BCUT2D eigenvalue weighted by molar-refractivity contribution is -0.149. The van der Waals surface area contributed by atoms with Crippen LogP contribution in [0.25, 0.3) is 0 Å². The minimum atomic E-state index is -0.976. The number of ether oxygens (including phenoxy) is 4. The van der Waals surface area contributed by atoms with E-state index in [1.165, 1.54) is 0 Å². The summed E-state index contributed by atoms with van der Waals surface area (Å²) in [5, 5.41) is 9.22. The Balaban J connectivity index is 2.54. The first kappa shape index (κ1) is 28.7. The third-order valence-electron chi connectivity index (χ3n) is 5.15. The Morgan fingerprint density at radius 1 is 1.00 bits per heavy atom. The smallest absolute Gasteiger partial charge is 0.410 e. The molecule has 33 heavy (non-hydrogen) atoms. The minimum Gasteiger partial charge on any atom is -0.492 e. The zero-order valence-corrected chi connectivity index (χ0v) is 20.6. The maximum absolute atomic E-state index is 12.5. The number of unbranched alkanes of at least 4 members (excludes halogenated alkanes) is 2. The molecule has 1 rings (SSSR count). The predicted octanol–water partition coefficient (Wildman–Crippen LogP) is 4.54. The molecular weight excluding hydrogens is 426 g/mol. The molecule has 1 aromatic carbocycles. The number of carboxylic acids is 1. The number of aliphatic carboxylic acids is 1. The van der Waals surface area contributed by atoms with Gasteiger partial charge in [0, 0.05) is 26.2 Å².